The van der Waals surface area contributed by atoms with E-state index in [0.717, 1.165) is 23.4 Å². The van der Waals surface area contributed by atoms with Crippen molar-refractivity contribution in [2.75, 3.05) is 13.2 Å². The highest BCUT2D eigenvalue weighted by Gasteiger charge is 2.19. The molecule has 2 N–H and O–H groups in total. The molecule has 0 spiro atoms. The number of rotatable bonds is 8. The number of aromatic nitrogens is 1. The number of nitrogens with one attached hydrogen (secondary N) is 2. The Morgan fingerprint density at radius 2 is 1.84 bits per heavy atom. The summed E-state index contributed by atoms with van der Waals surface area (Å²) in [6.07, 6.45) is 1.78. The maximum atomic E-state index is 12.0. The van der Waals surface area contributed by atoms with Gasteiger partial charge in [0.05, 0.1) is 12.2 Å². The highest BCUT2D eigenvalue weighted by atomic mass is 16.5. The predicted molar refractivity (Wildman–Crippen MR) is 97.7 cm³/mol. The van der Waals surface area contributed by atoms with E-state index in [4.69, 9.17) is 4.74 Å². The van der Waals surface area contributed by atoms with Crippen molar-refractivity contribution in [2.45, 2.75) is 40.0 Å². The summed E-state index contributed by atoms with van der Waals surface area (Å²) in [5.41, 5.74) is 4.36. The zero-order valence-electron chi connectivity index (χ0n) is 15.1. The first-order valence-corrected chi connectivity index (χ1v) is 8.68. The Bertz CT molecular complexity index is 720. The van der Waals surface area contributed by atoms with Gasteiger partial charge >= 0.3 is 5.97 Å². The number of ether oxygens (including phenoxy) is 1. The number of carbonyl (C=O) groups is 2. The Kier molecular flexibility index (Phi) is 6.81. The lowest BCUT2D eigenvalue weighted by Gasteiger charge is -2.06. The normalized spacial score (nSPS) is 10.5. The van der Waals surface area contributed by atoms with Crippen LogP contribution in [0, 0.1) is 13.8 Å². The quantitative estimate of drug-likeness (QED) is 0.724. The number of esters is 1. The second-order valence-corrected chi connectivity index (χ2v) is 6.03. The first-order valence-electron chi connectivity index (χ1n) is 8.68. The molecule has 25 heavy (non-hydrogen) atoms. The molecule has 0 saturated carbocycles. The van der Waals surface area contributed by atoms with Crippen molar-refractivity contribution in [2.24, 2.45) is 0 Å². The molecular weight excluding hydrogens is 316 g/mol. The van der Waals surface area contributed by atoms with Crippen LogP contribution < -0.4 is 5.32 Å². The highest BCUT2D eigenvalue weighted by molar-refractivity contribution is 5.92. The molecule has 0 aliphatic rings. The summed E-state index contributed by atoms with van der Waals surface area (Å²) < 4.78 is 5.09. The number of amides is 1. The molecule has 0 aliphatic heterocycles. The number of aryl methyl sites for hydroxylation is 2. The molecule has 2 aromatic rings. The fourth-order valence-electron chi connectivity index (χ4n) is 2.89. The number of hydrogen-bond acceptors (Lipinski definition) is 3. The minimum absolute atomic E-state index is 0.0141. The van der Waals surface area contributed by atoms with Gasteiger partial charge in [-0.15, -0.1) is 0 Å². The lowest BCUT2D eigenvalue weighted by atomic mass is 10.1. The molecule has 0 aliphatic carbocycles. The summed E-state index contributed by atoms with van der Waals surface area (Å²) in [5, 5.41) is 2.94. The van der Waals surface area contributed by atoms with Crippen LogP contribution in [0.4, 0.5) is 0 Å². The second kappa shape index (κ2) is 9.06. The zero-order valence-corrected chi connectivity index (χ0v) is 15.1. The molecule has 0 fully saturated rings. The molecule has 0 atom stereocenters. The van der Waals surface area contributed by atoms with Gasteiger partial charge in [0.25, 0.3) is 0 Å². The van der Waals surface area contributed by atoms with Gasteiger partial charge in [-0.2, -0.15) is 0 Å². The maximum Gasteiger partial charge on any atom is 0.340 e. The van der Waals surface area contributed by atoms with Gasteiger partial charge in [-0.05, 0) is 44.7 Å². The summed E-state index contributed by atoms with van der Waals surface area (Å²) in [5.74, 6) is -0.299. The van der Waals surface area contributed by atoms with Crippen LogP contribution in [-0.4, -0.2) is 30.0 Å². The van der Waals surface area contributed by atoms with Crippen molar-refractivity contribution in [3.63, 3.8) is 0 Å². The van der Waals surface area contributed by atoms with Crippen LogP contribution in [0.25, 0.3) is 0 Å². The number of hydrogen-bond donors (Lipinski definition) is 2. The third-order valence-electron chi connectivity index (χ3n) is 4.20. The number of H-pyrrole nitrogens is 1. The minimum Gasteiger partial charge on any atom is -0.462 e. The number of aromatic amines is 1. The molecule has 5 heteroatoms. The van der Waals surface area contributed by atoms with Crippen LogP contribution >= 0.6 is 0 Å². The van der Waals surface area contributed by atoms with Crippen LogP contribution in [0.1, 0.15) is 46.2 Å². The summed E-state index contributed by atoms with van der Waals surface area (Å²) in [6, 6.07) is 10.1. The molecule has 0 saturated heterocycles. The van der Waals surface area contributed by atoms with Gasteiger partial charge in [0.1, 0.15) is 0 Å². The average Bonchev–Trinajstić information content (AvgIpc) is 2.88. The minimum atomic E-state index is -0.313. The molecule has 134 valence electrons. The Balaban J connectivity index is 1.83. The van der Waals surface area contributed by atoms with Gasteiger partial charge in [0.2, 0.25) is 5.91 Å². The van der Waals surface area contributed by atoms with E-state index in [1.165, 1.54) is 5.56 Å². The standard InChI is InChI=1S/C20H26N2O3/c1-4-25-20(24)19-14(2)17(22-15(19)3)10-11-18(23)21-13-12-16-8-6-5-7-9-16/h5-9,22H,4,10-13H2,1-3H3,(H,21,23). The monoisotopic (exact) mass is 342 g/mol. The number of carbonyl (C=O) groups excluding carboxylic acids is 2. The van der Waals surface area contributed by atoms with Gasteiger partial charge in [-0.25, -0.2) is 4.79 Å². The van der Waals surface area contributed by atoms with Crippen LogP contribution in [-0.2, 0) is 22.4 Å². The summed E-state index contributed by atoms with van der Waals surface area (Å²) in [4.78, 5) is 27.2. The van der Waals surface area contributed by atoms with Crippen LogP contribution in [0.15, 0.2) is 30.3 Å². The van der Waals surface area contributed by atoms with E-state index in [1.54, 1.807) is 6.92 Å². The Hall–Kier alpha value is -2.56. The second-order valence-electron chi connectivity index (χ2n) is 6.03. The van der Waals surface area contributed by atoms with Gasteiger partial charge in [0, 0.05) is 24.4 Å². The van der Waals surface area contributed by atoms with Crippen molar-refractivity contribution < 1.29 is 14.3 Å². The Morgan fingerprint density at radius 3 is 2.52 bits per heavy atom. The van der Waals surface area contributed by atoms with Crippen LogP contribution in [0.3, 0.4) is 0 Å². The van der Waals surface area contributed by atoms with Crippen molar-refractivity contribution >= 4 is 11.9 Å². The fraction of sp³-hybridized carbons (Fsp3) is 0.400. The predicted octanol–water partition coefficient (Wildman–Crippen LogP) is 3.10. The van der Waals surface area contributed by atoms with E-state index < -0.39 is 0 Å². The molecule has 5 nitrogen and oxygen atoms in total. The Labute approximate surface area is 148 Å². The summed E-state index contributed by atoms with van der Waals surface area (Å²) >= 11 is 0. The van der Waals surface area contributed by atoms with Gasteiger partial charge in [-0.1, -0.05) is 30.3 Å². The number of benzene rings is 1. The van der Waals surface area contributed by atoms with E-state index in [1.807, 2.05) is 44.2 Å². The molecule has 1 heterocycles. The first-order chi connectivity index (χ1) is 12.0. The van der Waals surface area contributed by atoms with E-state index in [2.05, 4.69) is 10.3 Å². The summed E-state index contributed by atoms with van der Waals surface area (Å²) in [7, 11) is 0. The van der Waals surface area contributed by atoms with Crippen LogP contribution in [0.5, 0.6) is 0 Å². The topological polar surface area (TPSA) is 71.2 Å². The van der Waals surface area contributed by atoms with Gasteiger partial charge < -0.3 is 15.0 Å². The van der Waals surface area contributed by atoms with Gasteiger partial charge in [0.15, 0.2) is 0 Å². The lowest BCUT2D eigenvalue weighted by Crippen LogP contribution is -2.26. The lowest BCUT2D eigenvalue weighted by molar-refractivity contribution is -0.121. The van der Waals surface area contributed by atoms with E-state index >= 15 is 0 Å². The van der Waals surface area contributed by atoms with E-state index in [9.17, 15) is 9.59 Å². The highest BCUT2D eigenvalue weighted by Crippen LogP contribution is 2.20. The Morgan fingerprint density at radius 1 is 1.12 bits per heavy atom. The van der Waals surface area contributed by atoms with Crippen molar-refractivity contribution in [3.05, 3.63) is 58.4 Å². The maximum absolute atomic E-state index is 12.0. The van der Waals surface area contributed by atoms with E-state index in [0.29, 0.717) is 31.6 Å². The van der Waals surface area contributed by atoms with Crippen LogP contribution in [0.2, 0.25) is 0 Å². The zero-order chi connectivity index (χ0) is 18.2. The molecule has 0 bridgehead atoms. The molecule has 1 aromatic carbocycles. The van der Waals surface area contributed by atoms with Crippen molar-refractivity contribution in [1.82, 2.24) is 10.3 Å². The fourth-order valence-corrected chi connectivity index (χ4v) is 2.89. The molecule has 0 unspecified atom stereocenters. The third kappa shape index (κ3) is 5.21. The molecule has 0 radical (unpaired) electrons. The smallest absolute Gasteiger partial charge is 0.340 e. The third-order valence-corrected chi connectivity index (χ3v) is 4.20. The molecule has 1 aromatic heterocycles. The van der Waals surface area contributed by atoms with Gasteiger partial charge in [-0.3, -0.25) is 4.79 Å². The largest absolute Gasteiger partial charge is 0.462 e. The average molecular weight is 342 g/mol. The van der Waals surface area contributed by atoms with Crippen molar-refractivity contribution in [3.8, 4) is 0 Å². The molecular formula is C20H26N2O3. The molecule has 2 rings (SSSR count). The molecule has 1 amide bonds. The summed E-state index contributed by atoms with van der Waals surface area (Å²) in [6.45, 7) is 6.50. The van der Waals surface area contributed by atoms with E-state index in [-0.39, 0.29) is 11.9 Å². The van der Waals surface area contributed by atoms with Crippen molar-refractivity contribution in [1.29, 1.82) is 0 Å². The SMILES string of the molecule is CCOC(=O)c1c(C)[nH]c(CCC(=O)NCCc2ccccc2)c1C. The first kappa shape index (κ1) is 18.8.